The predicted molar refractivity (Wildman–Crippen MR) is 83.3 cm³/mol. The summed E-state index contributed by atoms with van der Waals surface area (Å²) in [5, 5.41) is 0.756. The standard InChI is InChI=1S/C16H22ClN3/c1-12(2)19-8-4-5-13(11-19)9-16-18-10-14-6-3-7-15(17)20(14)16/h3,6-7,10,12-13H,4-5,8-9,11H2,1-2H3. The molecule has 3 nitrogen and oxygen atoms in total. The Kier molecular flexibility index (Phi) is 3.99. The van der Waals surface area contributed by atoms with E-state index in [0.717, 1.165) is 22.9 Å². The number of rotatable bonds is 3. The molecule has 0 aliphatic carbocycles. The molecular formula is C16H22ClN3. The highest BCUT2D eigenvalue weighted by Gasteiger charge is 2.23. The lowest BCUT2D eigenvalue weighted by Gasteiger charge is -2.35. The quantitative estimate of drug-likeness (QED) is 0.805. The lowest BCUT2D eigenvalue weighted by atomic mass is 9.93. The van der Waals surface area contributed by atoms with Gasteiger partial charge in [-0.15, -0.1) is 0 Å². The van der Waals surface area contributed by atoms with Crippen LogP contribution in [0.15, 0.2) is 24.4 Å². The van der Waals surface area contributed by atoms with E-state index >= 15 is 0 Å². The van der Waals surface area contributed by atoms with E-state index in [2.05, 4.69) is 34.2 Å². The molecule has 1 aliphatic rings. The Morgan fingerprint density at radius 1 is 1.40 bits per heavy atom. The van der Waals surface area contributed by atoms with E-state index in [1.54, 1.807) is 0 Å². The molecule has 1 unspecified atom stereocenters. The number of hydrogen-bond acceptors (Lipinski definition) is 2. The van der Waals surface area contributed by atoms with Crippen molar-refractivity contribution in [2.24, 2.45) is 5.92 Å². The number of nitrogens with zero attached hydrogens (tertiary/aromatic N) is 3. The summed E-state index contributed by atoms with van der Waals surface area (Å²) in [7, 11) is 0. The van der Waals surface area contributed by atoms with Gasteiger partial charge in [0.15, 0.2) is 0 Å². The predicted octanol–water partition coefficient (Wildman–Crippen LogP) is 3.65. The number of imidazole rings is 1. The smallest absolute Gasteiger partial charge is 0.114 e. The molecule has 2 aromatic rings. The number of pyridine rings is 1. The fourth-order valence-electron chi connectivity index (χ4n) is 3.21. The number of halogens is 1. The summed E-state index contributed by atoms with van der Waals surface area (Å²) in [6.07, 6.45) is 5.52. The summed E-state index contributed by atoms with van der Waals surface area (Å²) in [5.74, 6) is 1.79. The first-order chi connectivity index (χ1) is 9.65. The van der Waals surface area contributed by atoms with Gasteiger partial charge in [0.05, 0.1) is 11.7 Å². The van der Waals surface area contributed by atoms with Crippen LogP contribution >= 0.6 is 11.6 Å². The van der Waals surface area contributed by atoms with Crippen molar-refractivity contribution < 1.29 is 0 Å². The third-order valence-corrected chi connectivity index (χ3v) is 4.62. The van der Waals surface area contributed by atoms with Crippen molar-refractivity contribution in [2.45, 2.75) is 39.2 Å². The first kappa shape index (κ1) is 13.9. The van der Waals surface area contributed by atoms with Crippen molar-refractivity contribution in [3.05, 3.63) is 35.4 Å². The van der Waals surface area contributed by atoms with Crippen LogP contribution in [-0.4, -0.2) is 33.4 Å². The van der Waals surface area contributed by atoms with Crippen molar-refractivity contribution in [1.29, 1.82) is 0 Å². The highest BCUT2D eigenvalue weighted by Crippen LogP contribution is 2.24. The van der Waals surface area contributed by atoms with Gasteiger partial charge in [-0.25, -0.2) is 4.98 Å². The maximum atomic E-state index is 6.31. The average Bonchev–Trinajstić information content (AvgIpc) is 2.84. The Bertz CT molecular complexity index is 590. The maximum Gasteiger partial charge on any atom is 0.114 e. The lowest BCUT2D eigenvalue weighted by molar-refractivity contribution is 0.138. The minimum absolute atomic E-state index is 0.637. The fourth-order valence-corrected chi connectivity index (χ4v) is 3.47. The van der Waals surface area contributed by atoms with E-state index in [1.165, 1.54) is 25.9 Å². The van der Waals surface area contributed by atoms with E-state index in [4.69, 9.17) is 11.6 Å². The topological polar surface area (TPSA) is 20.5 Å². The van der Waals surface area contributed by atoms with Crippen LogP contribution in [0.25, 0.3) is 5.52 Å². The van der Waals surface area contributed by atoms with Gasteiger partial charge in [0, 0.05) is 19.0 Å². The first-order valence-electron chi connectivity index (χ1n) is 7.50. The molecular weight excluding hydrogens is 270 g/mol. The number of aromatic nitrogens is 2. The number of fused-ring (bicyclic) bond motifs is 1. The molecule has 108 valence electrons. The molecule has 1 aliphatic heterocycles. The molecule has 1 fully saturated rings. The summed E-state index contributed by atoms with van der Waals surface area (Å²) in [4.78, 5) is 7.16. The third-order valence-electron chi connectivity index (χ3n) is 4.33. The molecule has 0 spiro atoms. The van der Waals surface area contributed by atoms with Crippen molar-refractivity contribution in [3.63, 3.8) is 0 Å². The van der Waals surface area contributed by atoms with Gasteiger partial charge in [-0.1, -0.05) is 17.7 Å². The first-order valence-corrected chi connectivity index (χ1v) is 7.88. The molecule has 1 atom stereocenters. The van der Waals surface area contributed by atoms with Crippen LogP contribution in [0.4, 0.5) is 0 Å². The molecule has 2 aromatic heterocycles. The van der Waals surface area contributed by atoms with E-state index < -0.39 is 0 Å². The fraction of sp³-hybridized carbons (Fsp3) is 0.562. The minimum Gasteiger partial charge on any atom is -0.301 e. The van der Waals surface area contributed by atoms with Gasteiger partial charge in [0.2, 0.25) is 0 Å². The maximum absolute atomic E-state index is 6.31. The summed E-state index contributed by atoms with van der Waals surface area (Å²) in [6, 6.07) is 6.60. The second kappa shape index (κ2) is 5.74. The van der Waals surface area contributed by atoms with Gasteiger partial charge >= 0.3 is 0 Å². The SMILES string of the molecule is CC(C)N1CCCC(Cc2ncc3cccc(Cl)n23)C1. The molecule has 0 N–H and O–H groups in total. The van der Waals surface area contributed by atoms with Crippen LogP contribution in [0, 0.1) is 5.92 Å². The molecule has 0 saturated carbocycles. The van der Waals surface area contributed by atoms with Crippen LogP contribution < -0.4 is 0 Å². The molecule has 0 radical (unpaired) electrons. The van der Waals surface area contributed by atoms with Gasteiger partial charge in [-0.3, -0.25) is 4.40 Å². The van der Waals surface area contributed by atoms with Crippen molar-refractivity contribution >= 4 is 17.1 Å². The number of likely N-dealkylation sites (tertiary alicyclic amines) is 1. The van der Waals surface area contributed by atoms with Gasteiger partial charge in [-0.2, -0.15) is 0 Å². The molecule has 3 heterocycles. The largest absolute Gasteiger partial charge is 0.301 e. The van der Waals surface area contributed by atoms with Crippen LogP contribution in [-0.2, 0) is 6.42 Å². The monoisotopic (exact) mass is 291 g/mol. The van der Waals surface area contributed by atoms with E-state index in [1.807, 2.05) is 18.3 Å². The lowest BCUT2D eigenvalue weighted by Crippen LogP contribution is -2.40. The van der Waals surface area contributed by atoms with Gasteiger partial charge < -0.3 is 4.90 Å². The minimum atomic E-state index is 0.637. The van der Waals surface area contributed by atoms with Crippen LogP contribution in [0.2, 0.25) is 5.15 Å². The third kappa shape index (κ3) is 2.70. The Morgan fingerprint density at radius 2 is 2.25 bits per heavy atom. The van der Waals surface area contributed by atoms with Gasteiger partial charge in [0.1, 0.15) is 11.0 Å². The van der Waals surface area contributed by atoms with Gasteiger partial charge in [0.25, 0.3) is 0 Å². The molecule has 0 bridgehead atoms. The van der Waals surface area contributed by atoms with Crippen molar-refractivity contribution in [2.75, 3.05) is 13.1 Å². The van der Waals surface area contributed by atoms with E-state index in [9.17, 15) is 0 Å². The molecule has 0 amide bonds. The average molecular weight is 292 g/mol. The molecule has 20 heavy (non-hydrogen) atoms. The molecule has 0 aromatic carbocycles. The number of piperidine rings is 1. The zero-order valence-electron chi connectivity index (χ0n) is 12.2. The molecule has 4 heteroatoms. The zero-order chi connectivity index (χ0) is 14.1. The van der Waals surface area contributed by atoms with Crippen LogP contribution in [0.3, 0.4) is 0 Å². The van der Waals surface area contributed by atoms with Crippen molar-refractivity contribution in [3.8, 4) is 0 Å². The Hall–Kier alpha value is -1.06. The second-order valence-electron chi connectivity index (χ2n) is 6.08. The normalized spacial score (nSPS) is 20.9. The summed E-state index contributed by atoms with van der Waals surface area (Å²) < 4.78 is 2.08. The zero-order valence-corrected chi connectivity index (χ0v) is 13.0. The highest BCUT2D eigenvalue weighted by molar-refractivity contribution is 6.29. The van der Waals surface area contributed by atoms with Crippen LogP contribution in [0.1, 0.15) is 32.5 Å². The molecule has 3 rings (SSSR count). The summed E-state index contributed by atoms with van der Waals surface area (Å²) >= 11 is 6.31. The molecule has 1 saturated heterocycles. The van der Waals surface area contributed by atoms with E-state index in [0.29, 0.717) is 12.0 Å². The Balaban J connectivity index is 1.79. The summed E-state index contributed by atoms with van der Waals surface area (Å²) in [6.45, 7) is 6.97. The number of hydrogen-bond donors (Lipinski definition) is 0. The van der Waals surface area contributed by atoms with Crippen molar-refractivity contribution in [1.82, 2.24) is 14.3 Å². The Morgan fingerprint density at radius 3 is 3.05 bits per heavy atom. The Labute approximate surface area is 125 Å². The second-order valence-corrected chi connectivity index (χ2v) is 6.47. The summed E-state index contributed by atoms with van der Waals surface area (Å²) in [5.41, 5.74) is 1.09. The van der Waals surface area contributed by atoms with Crippen LogP contribution in [0.5, 0.6) is 0 Å². The highest BCUT2D eigenvalue weighted by atomic mass is 35.5. The van der Waals surface area contributed by atoms with E-state index in [-0.39, 0.29) is 0 Å². The van der Waals surface area contributed by atoms with Gasteiger partial charge in [-0.05, 0) is 51.3 Å².